The largest absolute Gasteiger partial charge is 0.417 e. The average Bonchev–Trinajstić information content (AvgIpc) is 2.87. The molecule has 0 aromatic carbocycles. The van der Waals surface area contributed by atoms with Crippen molar-refractivity contribution in [3.8, 4) is 0 Å². The minimum absolute atomic E-state index is 0.0833. The van der Waals surface area contributed by atoms with Crippen LogP contribution in [0.2, 0.25) is 0 Å². The smallest absolute Gasteiger partial charge is 0.347 e. The molecule has 0 atom stereocenters. The summed E-state index contributed by atoms with van der Waals surface area (Å²) < 4.78 is 39.8. The number of nitrogens with zero attached hydrogens (tertiary/aromatic N) is 3. The Labute approximate surface area is 135 Å². The Hall–Kier alpha value is -2.90. The molecule has 124 valence electrons. The Balaban J connectivity index is 1.92. The molecule has 0 aliphatic heterocycles. The number of hydrogen-bond donors (Lipinski definition) is 1. The molecule has 0 saturated heterocycles. The molecule has 0 radical (unpaired) electrons. The fraction of sp³-hybridized carbons (Fsp3) is 0.188. The van der Waals surface area contributed by atoms with Gasteiger partial charge in [0.1, 0.15) is 11.3 Å². The molecule has 0 unspecified atom stereocenters. The third-order valence-corrected chi connectivity index (χ3v) is 3.51. The minimum Gasteiger partial charge on any atom is -0.347 e. The van der Waals surface area contributed by atoms with E-state index in [0.29, 0.717) is 5.69 Å². The molecule has 3 aromatic rings. The van der Waals surface area contributed by atoms with E-state index >= 15 is 0 Å². The van der Waals surface area contributed by atoms with E-state index in [-0.39, 0.29) is 17.9 Å². The van der Waals surface area contributed by atoms with Gasteiger partial charge in [-0.3, -0.25) is 14.2 Å². The second-order valence-corrected chi connectivity index (χ2v) is 5.23. The van der Waals surface area contributed by atoms with Crippen LogP contribution < -0.4 is 5.32 Å². The number of alkyl halides is 3. The number of pyridine rings is 2. The molecule has 5 nitrogen and oxygen atoms in total. The Morgan fingerprint density at radius 2 is 2.08 bits per heavy atom. The molecule has 1 N–H and O–H groups in total. The zero-order chi connectivity index (χ0) is 17.3. The van der Waals surface area contributed by atoms with Crippen LogP contribution in [0, 0.1) is 6.92 Å². The fourth-order valence-electron chi connectivity index (χ4n) is 2.37. The number of aryl methyl sites for hydroxylation is 1. The summed E-state index contributed by atoms with van der Waals surface area (Å²) in [5.41, 5.74) is 0.673. The van der Waals surface area contributed by atoms with Gasteiger partial charge in [0, 0.05) is 25.1 Å². The second-order valence-electron chi connectivity index (χ2n) is 5.23. The Kier molecular flexibility index (Phi) is 3.96. The lowest BCUT2D eigenvalue weighted by Gasteiger charge is -2.09. The lowest BCUT2D eigenvalue weighted by atomic mass is 10.2. The Morgan fingerprint density at radius 1 is 1.29 bits per heavy atom. The van der Waals surface area contributed by atoms with Crippen LogP contribution in [-0.2, 0) is 12.7 Å². The Morgan fingerprint density at radius 3 is 2.75 bits per heavy atom. The van der Waals surface area contributed by atoms with E-state index in [1.54, 1.807) is 31.5 Å². The molecule has 8 heteroatoms. The summed E-state index contributed by atoms with van der Waals surface area (Å²) in [6.45, 7) is 1.80. The quantitative estimate of drug-likeness (QED) is 0.801. The van der Waals surface area contributed by atoms with Crippen LogP contribution in [0.15, 0.2) is 42.9 Å². The van der Waals surface area contributed by atoms with Crippen molar-refractivity contribution in [3.63, 3.8) is 0 Å². The summed E-state index contributed by atoms with van der Waals surface area (Å²) in [5.74, 6) is -0.497. The molecule has 0 fully saturated rings. The lowest BCUT2D eigenvalue weighted by molar-refractivity contribution is -0.137. The van der Waals surface area contributed by atoms with Crippen molar-refractivity contribution in [2.24, 2.45) is 0 Å². The zero-order valence-electron chi connectivity index (χ0n) is 12.6. The molecular weight excluding hydrogens is 321 g/mol. The van der Waals surface area contributed by atoms with E-state index in [4.69, 9.17) is 0 Å². The maximum Gasteiger partial charge on any atom is 0.417 e. The van der Waals surface area contributed by atoms with E-state index in [1.807, 2.05) is 0 Å². The molecule has 3 rings (SSSR count). The van der Waals surface area contributed by atoms with E-state index in [0.717, 1.165) is 22.2 Å². The molecule has 3 aromatic heterocycles. The summed E-state index contributed by atoms with van der Waals surface area (Å²) in [5, 5.41) is 2.67. The third kappa shape index (κ3) is 3.08. The van der Waals surface area contributed by atoms with Gasteiger partial charge in [-0.2, -0.15) is 13.2 Å². The summed E-state index contributed by atoms with van der Waals surface area (Å²) in [6, 6.07) is 5.71. The molecular formula is C16H13F3N4O. The van der Waals surface area contributed by atoms with Crippen LogP contribution in [0.5, 0.6) is 0 Å². The number of nitrogens with one attached hydrogen (secondary N) is 1. The van der Waals surface area contributed by atoms with Crippen molar-refractivity contribution in [2.45, 2.75) is 19.6 Å². The highest BCUT2D eigenvalue weighted by atomic mass is 19.4. The van der Waals surface area contributed by atoms with Crippen LogP contribution in [0.1, 0.15) is 27.3 Å². The van der Waals surface area contributed by atoms with Crippen LogP contribution in [0.4, 0.5) is 13.2 Å². The third-order valence-electron chi connectivity index (χ3n) is 3.51. The van der Waals surface area contributed by atoms with Gasteiger partial charge >= 0.3 is 6.18 Å². The highest BCUT2D eigenvalue weighted by molar-refractivity contribution is 5.94. The zero-order valence-corrected chi connectivity index (χ0v) is 12.6. The van der Waals surface area contributed by atoms with Gasteiger partial charge in [-0.25, -0.2) is 4.98 Å². The molecule has 0 saturated carbocycles. The number of imidazole rings is 1. The second kappa shape index (κ2) is 5.95. The SMILES string of the molecule is Cc1nc2ccc(C(F)(F)F)cn2c1C(=O)NCc1cccnc1. The molecule has 0 aliphatic rings. The van der Waals surface area contributed by atoms with Gasteiger partial charge < -0.3 is 5.32 Å². The first-order valence-electron chi connectivity index (χ1n) is 7.09. The Bertz CT molecular complexity index is 887. The van der Waals surface area contributed by atoms with Crippen molar-refractivity contribution in [3.05, 3.63) is 65.4 Å². The molecule has 0 aliphatic carbocycles. The summed E-state index contributed by atoms with van der Waals surface area (Å²) in [7, 11) is 0. The lowest BCUT2D eigenvalue weighted by Crippen LogP contribution is -2.25. The maximum absolute atomic E-state index is 12.9. The van der Waals surface area contributed by atoms with Crippen LogP contribution in [0.3, 0.4) is 0 Å². The first-order valence-corrected chi connectivity index (χ1v) is 7.09. The molecule has 3 heterocycles. The van der Waals surface area contributed by atoms with Gasteiger partial charge in [0.05, 0.1) is 11.3 Å². The highest BCUT2D eigenvalue weighted by Gasteiger charge is 2.31. The van der Waals surface area contributed by atoms with E-state index in [1.165, 1.54) is 6.07 Å². The molecule has 24 heavy (non-hydrogen) atoms. The first kappa shape index (κ1) is 16.0. The number of rotatable bonds is 3. The normalized spacial score (nSPS) is 11.7. The van der Waals surface area contributed by atoms with Crippen molar-refractivity contribution < 1.29 is 18.0 Å². The number of fused-ring (bicyclic) bond motifs is 1. The molecule has 0 spiro atoms. The average molecular weight is 334 g/mol. The number of hydrogen-bond acceptors (Lipinski definition) is 3. The van der Waals surface area contributed by atoms with Gasteiger partial charge in [0.25, 0.3) is 5.91 Å². The summed E-state index contributed by atoms with van der Waals surface area (Å²) >= 11 is 0. The van der Waals surface area contributed by atoms with Crippen molar-refractivity contribution >= 4 is 11.6 Å². The summed E-state index contributed by atoms with van der Waals surface area (Å²) in [4.78, 5) is 20.5. The number of carbonyl (C=O) groups is 1. The van der Waals surface area contributed by atoms with E-state index < -0.39 is 17.6 Å². The standard InChI is InChI=1S/C16H13F3N4O/c1-10-14(15(24)21-8-11-3-2-6-20-7-11)23-9-12(16(17,18)19)4-5-13(23)22-10/h2-7,9H,8H2,1H3,(H,21,24). The van der Waals surface area contributed by atoms with Crippen LogP contribution >= 0.6 is 0 Å². The number of amides is 1. The minimum atomic E-state index is -4.49. The predicted molar refractivity (Wildman–Crippen MR) is 80.3 cm³/mol. The maximum atomic E-state index is 12.9. The van der Waals surface area contributed by atoms with Crippen molar-refractivity contribution in [1.82, 2.24) is 19.7 Å². The topological polar surface area (TPSA) is 59.3 Å². The number of carbonyl (C=O) groups excluding carboxylic acids is 1. The highest BCUT2D eigenvalue weighted by Crippen LogP contribution is 2.29. The van der Waals surface area contributed by atoms with E-state index in [2.05, 4.69) is 15.3 Å². The van der Waals surface area contributed by atoms with Crippen LogP contribution in [-0.4, -0.2) is 20.3 Å². The number of halogens is 3. The van der Waals surface area contributed by atoms with Gasteiger partial charge in [0.15, 0.2) is 0 Å². The molecule has 0 bridgehead atoms. The van der Waals surface area contributed by atoms with E-state index in [9.17, 15) is 18.0 Å². The van der Waals surface area contributed by atoms with Crippen LogP contribution in [0.25, 0.3) is 5.65 Å². The predicted octanol–water partition coefficient (Wildman–Crippen LogP) is 2.99. The summed E-state index contributed by atoms with van der Waals surface area (Å²) in [6.07, 6.45) is -0.397. The monoisotopic (exact) mass is 334 g/mol. The van der Waals surface area contributed by atoms with Gasteiger partial charge in [-0.1, -0.05) is 6.07 Å². The van der Waals surface area contributed by atoms with Gasteiger partial charge in [-0.05, 0) is 30.7 Å². The van der Waals surface area contributed by atoms with Gasteiger partial charge in [-0.15, -0.1) is 0 Å². The van der Waals surface area contributed by atoms with Crippen molar-refractivity contribution in [1.29, 1.82) is 0 Å². The fourth-order valence-corrected chi connectivity index (χ4v) is 2.37. The van der Waals surface area contributed by atoms with Crippen molar-refractivity contribution in [2.75, 3.05) is 0 Å². The first-order chi connectivity index (χ1) is 11.4. The number of aromatic nitrogens is 3. The van der Waals surface area contributed by atoms with Gasteiger partial charge in [0.2, 0.25) is 0 Å². The molecule has 1 amide bonds.